The molecule has 0 aromatic heterocycles. The minimum absolute atomic E-state index is 0.173. The number of hydrogen-bond donors (Lipinski definition) is 0. The fraction of sp³-hybridized carbons (Fsp3) is 0.684. The minimum atomic E-state index is -0.713. The molecule has 132 valence electrons. The van der Waals surface area contributed by atoms with Crippen molar-refractivity contribution in [2.75, 3.05) is 17.8 Å². The quantitative estimate of drug-likeness (QED) is 0.515. The number of fused-ring (bicyclic) bond motifs is 1. The minimum Gasteiger partial charge on any atom is -0.322 e. The number of rotatable bonds is 3. The number of para-hydroxylation sites is 1. The molecule has 0 radical (unpaired) electrons. The number of nitrogens with zero attached hydrogens (tertiary/aromatic N) is 2. The lowest BCUT2D eigenvalue weighted by Crippen LogP contribution is -2.29. The van der Waals surface area contributed by atoms with Crippen LogP contribution >= 0.6 is 20.1 Å². The molecule has 3 aliphatic rings. The molecule has 0 amide bonds. The van der Waals surface area contributed by atoms with Crippen LogP contribution in [0.25, 0.3) is 0 Å². The van der Waals surface area contributed by atoms with Gasteiger partial charge < -0.3 is 9.19 Å². The fourth-order valence-electron chi connectivity index (χ4n) is 4.21. The van der Waals surface area contributed by atoms with E-state index < -0.39 is 8.45 Å². The number of hydrogen-bond acceptors (Lipinski definition) is 3. The van der Waals surface area contributed by atoms with Gasteiger partial charge in [0.1, 0.15) is 0 Å². The van der Waals surface area contributed by atoms with Crippen molar-refractivity contribution >= 4 is 25.7 Å². The SMILES string of the molecule is Cl[C@H]1CCCCCC[C@@H]1OP1N(c2ccccc2)C[C@@H]2CCCN21. The van der Waals surface area contributed by atoms with E-state index in [-0.39, 0.29) is 11.5 Å². The Bertz CT molecular complexity index is 531. The lowest BCUT2D eigenvalue weighted by Gasteiger charge is -2.34. The van der Waals surface area contributed by atoms with Crippen LogP contribution in [-0.4, -0.2) is 35.3 Å². The van der Waals surface area contributed by atoms with E-state index in [4.69, 9.17) is 16.1 Å². The second-order valence-corrected chi connectivity index (χ2v) is 9.55. The summed E-state index contributed by atoms with van der Waals surface area (Å²) in [5.41, 5.74) is 1.30. The zero-order chi connectivity index (χ0) is 16.4. The van der Waals surface area contributed by atoms with E-state index in [1.807, 2.05) is 0 Å². The van der Waals surface area contributed by atoms with E-state index in [9.17, 15) is 0 Å². The molecular formula is C19H28ClN2OP. The Kier molecular flexibility index (Phi) is 5.63. The molecule has 1 unspecified atom stereocenters. The molecule has 5 heteroatoms. The molecule has 1 saturated carbocycles. The summed E-state index contributed by atoms with van der Waals surface area (Å²) in [6.45, 7) is 2.29. The van der Waals surface area contributed by atoms with Crippen LogP contribution < -0.4 is 4.67 Å². The zero-order valence-corrected chi connectivity index (χ0v) is 16.0. The summed E-state index contributed by atoms with van der Waals surface area (Å²) in [6.07, 6.45) is 10.2. The van der Waals surface area contributed by atoms with Crippen LogP contribution in [0.5, 0.6) is 0 Å². The summed E-state index contributed by atoms with van der Waals surface area (Å²) in [4.78, 5) is 0. The Balaban J connectivity index is 1.53. The zero-order valence-electron chi connectivity index (χ0n) is 14.3. The van der Waals surface area contributed by atoms with Gasteiger partial charge in [-0.2, -0.15) is 0 Å². The third kappa shape index (κ3) is 3.60. The molecule has 0 N–H and O–H groups in total. The summed E-state index contributed by atoms with van der Waals surface area (Å²) >= 11 is 6.72. The van der Waals surface area contributed by atoms with Gasteiger partial charge in [0, 0.05) is 24.8 Å². The lowest BCUT2D eigenvalue weighted by atomic mass is 9.98. The number of benzene rings is 1. The van der Waals surface area contributed by atoms with Gasteiger partial charge in [0.15, 0.2) is 0 Å². The topological polar surface area (TPSA) is 15.7 Å². The van der Waals surface area contributed by atoms with Gasteiger partial charge in [0.05, 0.1) is 11.5 Å². The second-order valence-electron chi connectivity index (χ2n) is 7.28. The Morgan fingerprint density at radius 1 is 0.958 bits per heavy atom. The lowest BCUT2D eigenvalue weighted by molar-refractivity contribution is 0.177. The summed E-state index contributed by atoms with van der Waals surface area (Å²) in [5.74, 6) is 0. The summed E-state index contributed by atoms with van der Waals surface area (Å²) in [6, 6.07) is 11.5. The summed E-state index contributed by atoms with van der Waals surface area (Å²) < 4.78 is 11.9. The normalized spacial score (nSPS) is 34.8. The van der Waals surface area contributed by atoms with Crippen LogP contribution in [-0.2, 0) is 4.52 Å². The van der Waals surface area contributed by atoms with Crippen molar-refractivity contribution < 1.29 is 4.52 Å². The van der Waals surface area contributed by atoms with Crippen molar-refractivity contribution in [1.82, 2.24) is 4.67 Å². The van der Waals surface area contributed by atoms with E-state index in [1.165, 1.54) is 50.8 Å². The molecule has 4 atom stereocenters. The van der Waals surface area contributed by atoms with E-state index in [1.54, 1.807) is 0 Å². The van der Waals surface area contributed by atoms with Crippen molar-refractivity contribution in [2.45, 2.75) is 68.9 Å². The maximum Gasteiger partial charge on any atom is 0.218 e. The third-order valence-corrected chi connectivity index (χ3v) is 8.29. The highest BCUT2D eigenvalue weighted by Crippen LogP contribution is 2.58. The molecule has 2 aliphatic heterocycles. The van der Waals surface area contributed by atoms with Gasteiger partial charge in [-0.25, -0.2) is 4.67 Å². The monoisotopic (exact) mass is 366 g/mol. The molecule has 4 rings (SSSR count). The molecule has 3 fully saturated rings. The van der Waals surface area contributed by atoms with Gasteiger partial charge in [-0.3, -0.25) is 0 Å². The Hall–Kier alpha value is -0.340. The van der Waals surface area contributed by atoms with Crippen molar-refractivity contribution in [3.63, 3.8) is 0 Å². The smallest absolute Gasteiger partial charge is 0.218 e. The highest BCUT2D eigenvalue weighted by molar-refractivity contribution is 7.52. The highest BCUT2D eigenvalue weighted by atomic mass is 35.5. The Morgan fingerprint density at radius 3 is 2.58 bits per heavy atom. The Labute approximate surface area is 152 Å². The van der Waals surface area contributed by atoms with Crippen LogP contribution in [0, 0.1) is 0 Å². The molecule has 2 heterocycles. The summed E-state index contributed by atoms with van der Waals surface area (Å²) in [5, 5.41) is 0.173. The molecule has 0 bridgehead atoms. The van der Waals surface area contributed by atoms with Gasteiger partial charge >= 0.3 is 0 Å². The van der Waals surface area contributed by atoms with Crippen molar-refractivity contribution in [1.29, 1.82) is 0 Å². The van der Waals surface area contributed by atoms with Crippen molar-refractivity contribution in [3.8, 4) is 0 Å². The standard InChI is InChI=1S/C19H28ClN2OP/c20-18-12-6-1-2-7-13-19(18)23-24-21-14-8-11-17(21)15-22(24)16-9-4-3-5-10-16/h3-5,9-10,17-19H,1-2,6-8,11-15H2/t17-,18-,19-,24?/m0/s1. The summed E-state index contributed by atoms with van der Waals surface area (Å²) in [7, 11) is -0.713. The third-order valence-electron chi connectivity index (χ3n) is 5.56. The van der Waals surface area contributed by atoms with E-state index in [0.717, 1.165) is 19.4 Å². The van der Waals surface area contributed by atoms with E-state index in [0.29, 0.717) is 6.04 Å². The van der Waals surface area contributed by atoms with Gasteiger partial charge in [-0.1, -0.05) is 43.9 Å². The van der Waals surface area contributed by atoms with Crippen molar-refractivity contribution in [2.24, 2.45) is 0 Å². The largest absolute Gasteiger partial charge is 0.322 e. The second kappa shape index (κ2) is 7.91. The predicted octanol–water partition coefficient (Wildman–Crippen LogP) is 5.54. The molecule has 2 saturated heterocycles. The first-order valence-electron chi connectivity index (χ1n) is 9.53. The molecule has 0 spiro atoms. The van der Waals surface area contributed by atoms with Gasteiger partial charge in [0.25, 0.3) is 0 Å². The van der Waals surface area contributed by atoms with Crippen molar-refractivity contribution in [3.05, 3.63) is 30.3 Å². The maximum atomic E-state index is 6.77. The van der Waals surface area contributed by atoms with Crippen LogP contribution in [0.3, 0.4) is 0 Å². The van der Waals surface area contributed by atoms with Gasteiger partial charge in [0.2, 0.25) is 8.45 Å². The van der Waals surface area contributed by atoms with Crippen LogP contribution in [0.15, 0.2) is 30.3 Å². The predicted molar refractivity (Wildman–Crippen MR) is 103 cm³/mol. The fourth-order valence-corrected chi connectivity index (χ4v) is 7.06. The molecule has 1 aliphatic carbocycles. The average molecular weight is 367 g/mol. The van der Waals surface area contributed by atoms with Gasteiger partial charge in [-0.05, 0) is 37.8 Å². The first-order chi connectivity index (χ1) is 11.8. The highest BCUT2D eigenvalue weighted by Gasteiger charge is 2.45. The molecular weight excluding hydrogens is 339 g/mol. The van der Waals surface area contributed by atoms with Crippen LogP contribution in [0.2, 0.25) is 0 Å². The Morgan fingerprint density at radius 2 is 1.75 bits per heavy atom. The molecule has 24 heavy (non-hydrogen) atoms. The molecule has 1 aromatic carbocycles. The van der Waals surface area contributed by atoms with Gasteiger partial charge in [-0.15, -0.1) is 11.6 Å². The number of halogens is 1. The number of alkyl halides is 1. The van der Waals surface area contributed by atoms with Crippen LogP contribution in [0.4, 0.5) is 5.69 Å². The van der Waals surface area contributed by atoms with E-state index in [2.05, 4.69) is 39.7 Å². The first kappa shape index (κ1) is 17.1. The number of anilines is 1. The maximum absolute atomic E-state index is 6.77. The van der Waals surface area contributed by atoms with E-state index >= 15 is 0 Å². The van der Waals surface area contributed by atoms with Crippen LogP contribution in [0.1, 0.15) is 51.4 Å². The molecule has 1 aromatic rings. The first-order valence-corrected chi connectivity index (χ1v) is 11.1. The average Bonchev–Trinajstić information content (AvgIpc) is 3.17. The molecule has 3 nitrogen and oxygen atoms in total.